The van der Waals surface area contributed by atoms with Crippen LogP contribution in [0.25, 0.3) is 0 Å². The van der Waals surface area contributed by atoms with Crippen molar-refractivity contribution in [2.75, 3.05) is 6.61 Å². The third-order valence-corrected chi connectivity index (χ3v) is 7.48. The van der Waals surface area contributed by atoms with Crippen LogP contribution in [0.3, 0.4) is 0 Å². The highest BCUT2D eigenvalue weighted by Gasteiger charge is 2.12. The molecule has 3 nitrogen and oxygen atoms in total. The standard InChI is InChI=1S/C32H56O3/c1-4-7-9-10-11-12-13-16-20-29(30-23-25-31(33)26-24-30)21-17-14-15-18-22-32(34)35-27-28(6-3)19-8-5-2/h23-26,28-29,33H,4-22,27H2,1-3H3. The molecule has 0 spiro atoms. The van der Waals surface area contributed by atoms with Crippen molar-refractivity contribution in [3.8, 4) is 5.75 Å². The first-order chi connectivity index (χ1) is 17.1. The van der Waals surface area contributed by atoms with Gasteiger partial charge in [0.25, 0.3) is 0 Å². The molecule has 1 aromatic carbocycles. The summed E-state index contributed by atoms with van der Waals surface area (Å²) in [6.07, 6.45) is 22.9. The van der Waals surface area contributed by atoms with Crippen molar-refractivity contribution in [3.05, 3.63) is 29.8 Å². The van der Waals surface area contributed by atoms with Crippen molar-refractivity contribution in [1.29, 1.82) is 0 Å². The molecule has 35 heavy (non-hydrogen) atoms. The van der Waals surface area contributed by atoms with E-state index in [0.717, 1.165) is 19.3 Å². The molecule has 0 aromatic heterocycles. The van der Waals surface area contributed by atoms with Crippen LogP contribution in [-0.2, 0) is 9.53 Å². The van der Waals surface area contributed by atoms with Gasteiger partial charge in [-0.05, 0) is 55.2 Å². The summed E-state index contributed by atoms with van der Waals surface area (Å²) in [4.78, 5) is 12.1. The van der Waals surface area contributed by atoms with Gasteiger partial charge in [-0.1, -0.05) is 123 Å². The number of phenols is 1. The summed E-state index contributed by atoms with van der Waals surface area (Å²) in [5.74, 6) is 1.44. The summed E-state index contributed by atoms with van der Waals surface area (Å²) in [5.41, 5.74) is 1.36. The van der Waals surface area contributed by atoms with Crippen LogP contribution in [0.5, 0.6) is 5.75 Å². The first-order valence-corrected chi connectivity index (χ1v) is 15.0. The monoisotopic (exact) mass is 488 g/mol. The Balaban J connectivity index is 2.25. The number of carbonyl (C=O) groups is 1. The highest BCUT2D eigenvalue weighted by molar-refractivity contribution is 5.69. The van der Waals surface area contributed by atoms with E-state index in [1.165, 1.54) is 102 Å². The Kier molecular flexibility index (Phi) is 19.6. The smallest absolute Gasteiger partial charge is 0.305 e. The first kappa shape index (κ1) is 31.5. The number of ether oxygens (including phenoxy) is 1. The molecule has 0 saturated carbocycles. The van der Waals surface area contributed by atoms with Crippen molar-refractivity contribution in [1.82, 2.24) is 0 Å². The van der Waals surface area contributed by atoms with Crippen molar-refractivity contribution in [2.24, 2.45) is 5.92 Å². The fourth-order valence-electron chi connectivity index (χ4n) is 4.94. The number of esters is 1. The zero-order valence-electron chi connectivity index (χ0n) is 23.4. The Morgan fingerprint density at radius 3 is 1.83 bits per heavy atom. The number of hydrogen-bond donors (Lipinski definition) is 1. The van der Waals surface area contributed by atoms with Gasteiger partial charge in [-0.15, -0.1) is 0 Å². The van der Waals surface area contributed by atoms with E-state index in [1.54, 1.807) is 0 Å². The molecule has 1 rings (SSSR count). The number of unbranched alkanes of at least 4 members (excludes halogenated alkanes) is 11. The van der Waals surface area contributed by atoms with Crippen LogP contribution < -0.4 is 0 Å². The molecule has 0 amide bonds. The maximum atomic E-state index is 12.1. The summed E-state index contributed by atoms with van der Waals surface area (Å²) < 4.78 is 5.54. The summed E-state index contributed by atoms with van der Waals surface area (Å²) in [6.45, 7) is 7.27. The molecule has 0 radical (unpaired) electrons. The number of carbonyl (C=O) groups excluding carboxylic acids is 1. The first-order valence-electron chi connectivity index (χ1n) is 15.0. The molecule has 0 aliphatic carbocycles. The molecule has 0 bridgehead atoms. The molecular weight excluding hydrogens is 432 g/mol. The largest absolute Gasteiger partial charge is 0.508 e. The highest BCUT2D eigenvalue weighted by atomic mass is 16.5. The lowest BCUT2D eigenvalue weighted by atomic mass is 9.88. The Hall–Kier alpha value is -1.51. The molecule has 0 heterocycles. The summed E-state index contributed by atoms with van der Waals surface area (Å²) in [5, 5.41) is 9.67. The Labute approximate surface area is 217 Å². The summed E-state index contributed by atoms with van der Waals surface area (Å²) >= 11 is 0. The van der Waals surface area contributed by atoms with Crippen molar-refractivity contribution >= 4 is 5.97 Å². The predicted molar refractivity (Wildman–Crippen MR) is 150 cm³/mol. The average molecular weight is 489 g/mol. The van der Waals surface area contributed by atoms with Crippen molar-refractivity contribution < 1.29 is 14.6 Å². The lowest BCUT2D eigenvalue weighted by molar-refractivity contribution is -0.145. The molecular formula is C32H56O3. The fourth-order valence-corrected chi connectivity index (χ4v) is 4.94. The van der Waals surface area contributed by atoms with Crippen molar-refractivity contribution in [2.45, 2.75) is 149 Å². The maximum absolute atomic E-state index is 12.1. The lowest BCUT2D eigenvalue weighted by Gasteiger charge is -2.18. The molecule has 1 N–H and O–H groups in total. The zero-order chi connectivity index (χ0) is 25.6. The number of aromatic hydroxyl groups is 1. The molecule has 1 aromatic rings. The minimum Gasteiger partial charge on any atom is -0.508 e. The predicted octanol–water partition coefficient (Wildman–Crippen LogP) is 10.1. The van der Waals surface area contributed by atoms with Gasteiger partial charge in [-0.25, -0.2) is 0 Å². The van der Waals surface area contributed by atoms with Gasteiger partial charge >= 0.3 is 5.97 Å². The van der Waals surface area contributed by atoms with Crippen LogP contribution in [0.15, 0.2) is 24.3 Å². The zero-order valence-corrected chi connectivity index (χ0v) is 23.4. The molecule has 3 heteroatoms. The van der Waals surface area contributed by atoms with E-state index < -0.39 is 0 Å². The third kappa shape index (κ3) is 16.7. The van der Waals surface area contributed by atoms with Gasteiger partial charge in [0.1, 0.15) is 5.75 Å². The molecule has 2 atom stereocenters. The Bertz CT molecular complexity index is 610. The van der Waals surface area contributed by atoms with Crippen LogP contribution in [-0.4, -0.2) is 17.7 Å². The SMILES string of the molecule is CCCCCCCCCCC(CCCCCCC(=O)OCC(CC)CCCC)c1ccc(O)cc1. The Morgan fingerprint density at radius 2 is 1.26 bits per heavy atom. The normalized spacial score (nSPS) is 13.0. The van der Waals surface area contributed by atoms with Crippen LogP contribution >= 0.6 is 0 Å². The second kappa shape index (κ2) is 21.7. The van der Waals surface area contributed by atoms with Gasteiger partial charge in [0.15, 0.2) is 0 Å². The lowest BCUT2D eigenvalue weighted by Crippen LogP contribution is -2.13. The van der Waals surface area contributed by atoms with Crippen LogP contribution in [0.1, 0.15) is 154 Å². The van der Waals surface area contributed by atoms with Gasteiger partial charge in [-0.3, -0.25) is 4.79 Å². The molecule has 2 unspecified atom stereocenters. The molecule has 0 fully saturated rings. The van der Waals surface area contributed by atoms with E-state index in [1.807, 2.05) is 12.1 Å². The number of rotatable bonds is 23. The second-order valence-corrected chi connectivity index (χ2v) is 10.6. The summed E-state index contributed by atoms with van der Waals surface area (Å²) in [7, 11) is 0. The maximum Gasteiger partial charge on any atom is 0.305 e. The Morgan fingerprint density at radius 1 is 0.714 bits per heavy atom. The minimum atomic E-state index is -0.0170. The van der Waals surface area contributed by atoms with Crippen LogP contribution in [0.2, 0.25) is 0 Å². The highest BCUT2D eigenvalue weighted by Crippen LogP contribution is 2.30. The van der Waals surface area contributed by atoms with Crippen LogP contribution in [0.4, 0.5) is 0 Å². The van der Waals surface area contributed by atoms with E-state index in [2.05, 4.69) is 32.9 Å². The van der Waals surface area contributed by atoms with E-state index >= 15 is 0 Å². The van der Waals surface area contributed by atoms with E-state index in [0.29, 0.717) is 30.6 Å². The second-order valence-electron chi connectivity index (χ2n) is 10.6. The number of hydrogen-bond acceptors (Lipinski definition) is 3. The quantitative estimate of drug-likeness (QED) is 0.123. The van der Waals surface area contributed by atoms with Crippen molar-refractivity contribution in [3.63, 3.8) is 0 Å². The van der Waals surface area contributed by atoms with Gasteiger partial charge in [-0.2, -0.15) is 0 Å². The molecule has 0 aliphatic heterocycles. The fraction of sp³-hybridized carbons (Fsp3) is 0.781. The third-order valence-electron chi connectivity index (χ3n) is 7.48. The minimum absolute atomic E-state index is 0.0170. The van der Waals surface area contributed by atoms with E-state index in [9.17, 15) is 9.90 Å². The van der Waals surface area contributed by atoms with Gasteiger partial charge in [0.05, 0.1) is 6.61 Å². The number of phenolic OH excluding ortho intramolecular Hbond substituents is 1. The van der Waals surface area contributed by atoms with E-state index in [4.69, 9.17) is 4.74 Å². The summed E-state index contributed by atoms with van der Waals surface area (Å²) in [6, 6.07) is 7.86. The molecule has 0 saturated heterocycles. The molecule has 0 aliphatic rings. The van der Waals surface area contributed by atoms with Gasteiger partial charge in [0, 0.05) is 6.42 Å². The van der Waals surface area contributed by atoms with Crippen LogP contribution in [0, 0.1) is 5.92 Å². The average Bonchev–Trinajstić information content (AvgIpc) is 2.87. The number of benzene rings is 1. The van der Waals surface area contributed by atoms with Gasteiger partial charge < -0.3 is 9.84 Å². The van der Waals surface area contributed by atoms with E-state index in [-0.39, 0.29) is 5.97 Å². The topological polar surface area (TPSA) is 46.5 Å². The van der Waals surface area contributed by atoms with Gasteiger partial charge in [0.2, 0.25) is 0 Å². The molecule has 202 valence electrons.